The minimum atomic E-state index is -0.388. The van der Waals surface area contributed by atoms with Gasteiger partial charge >= 0.3 is 0 Å². The Labute approximate surface area is 215 Å². The van der Waals surface area contributed by atoms with Crippen LogP contribution in [0.1, 0.15) is 33.3 Å². The SMILES string of the molecule is CC(=O)Nc1cnc(N)c(C)c1.CC1CN(C=O)CCN1C(=O)C(C)(C)CN(C)C.c1ccccc1. The van der Waals surface area contributed by atoms with Gasteiger partial charge in [0.05, 0.1) is 17.3 Å². The quantitative estimate of drug-likeness (QED) is 0.613. The molecule has 1 aliphatic heterocycles. The van der Waals surface area contributed by atoms with Gasteiger partial charge in [-0.2, -0.15) is 0 Å². The standard InChI is InChI=1S/C13H25N3O2.C8H11N3O.C6H6/c1-11-8-15(10-17)6-7-16(11)12(18)13(2,3)9-14(4)5;1-5-3-7(11-6(2)12)4-10-8(5)9;1-2-4-6-5-3-1/h10-11H,6-9H2,1-5H3;3-4H,1-2H3,(H2,9,10)(H,11,12);1-6H. The zero-order valence-corrected chi connectivity index (χ0v) is 22.7. The number of rotatable bonds is 5. The molecule has 2 aromatic rings. The summed E-state index contributed by atoms with van der Waals surface area (Å²) in [6.45, 7) is 11.9. The van der Waals surface area contributed by atoms with Crippen LogP contribution in [0.5, 0.6) is 0 Å². The van der Waals surface area contributed by atoms with E-state index in [1.54, 1.807) is 11.0 Å². The lowest BCUT2D eigenvalue weighted by Crippen LogP contribution is -2.57. The number of hydrogen-bond acceptors (Lipinski definition) is 6. The van der Waals surface area contributed by atoms with Gasteiger partial charge in [-0.3, -0.25) is 14.4 Å². The van der Waals surface area contributed by atoms with Crippen molar-refractivity contribution in [2.75, 3.05) is 51.3 Å². The Bertz CT molecular complexity index is 939. The van der Waals surface area contributed by atoms with Gasteiger partial charge in [-0.05, 0) is 53.4 Å². The number of amides is 3. The van der Waals surface area contributed by atoms with Crippen LogP contribution in [-0.2, 0) is 14.4 Å². The van der Waals surface area contributed by atoms with Gasteiger partial charge in [0.1, 0.15) is 5.82 Å². The van der Waals surface area contributed by atoms with Crippen molar-refractivity contribution in [1.82, 2.24) is 19.7 Å². The van der Waals surface area contributed by atoms with Gasteiger partial charge < -0.3 is 25.8 Å². The van der Waals surface area contributed by atoms with Gasteiger partial charge in [-0.25, -0.2) is 4.98 Å². The van der Waals surface area contributed by atoms with E-state index in [0.29, 0.717) is 31.1 Å². The minimum absolute atomic E-state index is 0.0953. The molecule has 3 rings (SSSR count). The minimum Gasteiger partial charge on any atom is -0.383 e. The van der Waals surface area contributed by atoms with Crippen LogP contribution in [0.2, 0.25) is 0 Å². The average molecular weight is 499 g/mol. The monoisotopic (exact) mass is 498 g/mol. The Balaban J connectivity index is 0.000000306. The van der Waals surface area contributed by atoms with Crippen molar-refractivity contribution in [3.8, 4) is 0 Å². The molecular weight excluding hydrogens is 456 g/mol. The van der Waals surface area contributed by atoms with Crippen LogP contribution < -0.4 is 11.1 Å². The molecule has 1 atom stereocenters. The predicted octanol–water partition coefficient (Wildman–Crippen LogP) is 2.88. The number of pyridine rings is 1. The number of benzene rings is 1. The number of nitrogens with zero attached hydrogens (tertiary/aromatic N) is 4. The molecule has 1 aromatic carbocycles. The van der Waals surface area contributed by atoms with E-state index < -0.39 is 0 Å². The fourth-order valence-corrected chi connectivity index (χ4v) is 3.87. The Morgan fingerprint density at radius 3 is 2.14 bits per heavy atom. The summed E-state index contributed by atoms with van der Waals surface area (Å²) < 4.78 is 0. The lowest BCUT2D eigenvalue weighted by Gasteiger charge is -2.42. The number of carbonyl (C=O) groups excluding carboxylic acids is 3. The highest BCUT2D eigenvalue weighted by molar-refractivity contribution is 5.88. The smallest absolute Gasteiger partial charge is 0.229 e. The van der Waals surface area contributed by atoms with E-state index in [1.165, 1.54) is 13.1 Å². The molecule has 0 radical (unpaired) electrons. The van der Waals surface area contributed by atoms with Crippen LogP contribution in [0.25, 0.3) is 0 Å². The molecule has 2 heterocycles. The van der Waals surface area contributed by atoms with Crippen molar-refractivity contribution in [3.05, 3.63) is 54.2 Å². The Morgan fingerprint density at radius 2 is 1.72 bits per heavy atom. The van der Waals surface area contributed by atoms with Gasteiger partial charge in [0.2, 0.25) is 18.2 Å². The van der Waals surface area contributed by atoms with Crippen molar-refractivity contribution in [1.29, 1.82) is 0 Å². The van der Waals surface area contributed by atoms with Crippen molar-refractivity contribution >= 4 is 29.7 Å². The van der Waals surface area contributed by atoms with Crippen LogP contribution in [0, 0.1) is 12.3 Å². The van der Waals surface area contributed by atoms with Crippen LogP contribution in [0.4, 0.5) is 11.5 Å². The number of aryl methyl sites for hydroxylation is 1. The number of nitrogens with one attached hydrogen (secondary N) is 1. The molecule has 198 valence electrons. The molecule has 3 amide bonds. The van der Waals surface area contributed by atoms with Gasteiger partial charge in [-0.1, -0.05) is 36.4 Å². The fourth-order valence-electron chi connectivity index (χ4n) is 3.87. The summed E-state index contributed by atoms with van der Waals surface area (Å²) in [5, 5.41) is 2.62. The number of nitrogens with two attached hydrogens (primary N) is 1. The lowest BCUT2D eigenvalue weighted by molar-refractivity contribution is -0.147. The zero-order chi connectivity index (χ0) is 27.3. The number of carbonyl (C=O) groups is 3. The highest BCUT2D eigenvalue weighted by Crippen LogP contribution is 2.23. The summed E-state index contributed by atoms with van der Waals surface area (Å²) in [6.07, 6.45) is 2.40. The summed E-state index contributed by atoms with van der Waals surface area (Å²) in [5.41, 5.74) is 6.65. The molecule has 1 fully saturated rings. The summed E-state index contributed by atoms with van der Waals surface area (Å²) >= 11 is 0. The van der Waals surface area contributed by atoms with Crippen molar-refractivity contribution < 1.29 is 14.4 Å². The molecular formula is C27H42N6O3. The molecule has 9 heteroatoms. The Kier molecular flexibility index (Phi) is 12.6. The third-order valence-electron chi connectivity index (χ3n) is 5.47. The fraction of sp³-hybridized carbons (Fsp3) is 0.481. The van der Waals surface area contributed by atoms with Crippen LogP contribution in [-0.4, -0.2) is 84.2 Å². The average Bonchev–Trinajstić information content (AvgIpc) is 2.82. The number of aromatic nitrogens is 1. The summed E-state index contributed by atoms with van der Waals surface area (Å²) in [4.78, 5) is 43.5. The molecule has 1 aliphatic rings. The maximum atomic E-state index is 12.6. The maximum absolute atomic E-state index is 12.6. The third-order valence-corrected chi connectivity index (χ3v) is 5.47. The maximum Gasteiger partial charge on any atom is 0.229 e. The van der Waals surface area contributed by atoms with Crippen molar-refractivity contribution in [2.45, 2.75) is 40.7 Å². The molecule has 36 heavy (non-hydrogen) atoms. The highest BCUT2D eigenvalue weighted by atomic mass is 16.2. The Hall–Kier alpha value is -3.46. The second-order valence-electron chi connectivity index (χ2n) is 9.83. The first-order valence-corrected chi connectivity index (χ1v) is 12.0. The van der Waals surface area contributed by atoms with Crippen molar-refractivity contribution in [3.63, 3.8) is 0 Å². The van der Waals surface area contributed by atoms with Crippen LogP contribution in [0.3, 0.4) is 0 Å². The molecule has 9 nitrogen and oxygen atoms in total. The molecule has 1 saturated heterocycles. The van der Waals surface area contributed by atoms with Gasteiger partial charge in [-0.15, -0.1) is 0 Å². The summed E-state index contributed by atoms with van der Waals surface area (Å²) in [6, 6.07) is 13.9. The van der Waals surface area contributed by atoms with E-state index in [-0.39, 0.29) is 23.3 Å². The first kappa shape index (κ1) is 30.6. The largest absolute Gasteiger partial charge is 0.383 e. The van der Waals surface area contributed by atoms with Crippen LogP contribution in [0.15, 0.2) is 48.7 Å². The molecule has 0 spiro atoms. The van der Waals surface area contributed by atoms with E-state index in [9.17, 15) is 14.4 Å². The Morgan fingerprint density at radius 1 is 1.17 bits per heavy atom. The van der Waals surface area contributed by atoms with E-state index in [4.69, 9.17) is 5.73 Å². The van der Waals surface area contributed by atoms with E-state index >= 15 is 0 Å². The number of hydrogen-bond donors (Lipinski definition) is 2. The second kappa shape index (κ2) is 14.8. The zero-order valence-electron chi connectivity index (χ0n) is 22.7. The lowest BCUT2D eigenvalue weighted by atomic mass is 9.90. The van der Waals surface area contributed by atoms with E-state index in [1.807, 2.05) is 88.0 Å². The van der Waals surface area contributed by atoms with Crippen molar-refractivity contribution in [2.24, 2.45) is 5.41 Å². The number of piperazine rings is 1. The third kappa shape index (κ3) is 10.9. The normalized spacial score (nSPS) is 15.2. The topological polar surface area (TPSA) is 112 Å². The predicted molar refractivity (Wildman–Crippen MR) is 145 cm³/mol. The van der Waals surface area contributed by atoms with Gasteiger partial charge in [0.15, 0.2) is 0 Å². The molecule has 0 saturated carbocycles. The first-order valence-electron chi connectivity index (χ1n) is 12.0. The van der Waals surface area contributed by atoms with Crippen LogP contribution >= 0.6 is 0 Å². The number of anilines is 2. The van der Waals surface area contributed by atoms with E-state index in [0.717, 1.165) is 18.5 Å². The van der Waals surface area contributed by atoms with E-state index in [2.05, 4.69) is 10.3 Å². The first-order chi connectivity index (χ1) is 16.9. The molecule has 0 aliphatic carbocycles. The highest BCUT2D eigenvalue weighted by Gasteiger charge is 2.36. The second-order valence-corrected chi connectivity index (χ2v) is 9.83. The number of nitrogen functional groups attached to an aromatic ring is 1. The van der Waals surface area contributed by atoms with Gasteiger partial charge in [0, 0.05) is 39.1 Å². The van der Waals surface area contributed by atoms with Gasteiger partial charge in [0.25, 0.3) is 0 Å². The molecule has 3 N–H and O–H groups in total. The summed E-state index contributed by atoms with van der Waals surface area (Å²) in [5.74, 6) is 0.555. The molecule has 1 unspecified atom stereocenters. The molecule has 0 bridgehead atoms. The molecule has 1 aromatic heterocycles. The summed E-state index contributed by atoms with van der Waals surface area (Å²) in [7, 11) is 3.95.